The van der Waals surface area contributed by atoms with Gasteiger partial charge in [0.05, 0.1) is 12.0 Å². The number of nitrogens with one attached hydrogen (secondary N) is 1. The van der Waals surface area contributed by atoms with Crippen LogP contribution in [0.3, 0.4) is 0 Å². The number of guanidine groups is 1. The Morgan fingerprint density at radius 3 is 2.62 bits per heavy atom. The second-order valence-corrected chi connectivity index (χ2v) is 8.97. The van der Waals surface area contributed by atoms with E-state index in [9.17, 15) is 0 Å². The van der Waals surface area contributed by atoms with E-state index in [0.29, 0.717) is 13.1 Å². The molecule has 4 rings (SSSR count). The Balaban J connectivity index is 1.87. The zero-order chi connectivity index (χ0) is 22.7. The van der Waals surface area contributed by atoms with Gasteiger partial charge in [-0.25, -0.2) is 4.99 Å². The molecule has 168 valence electrons. The Hall–Kier alpha value is -3.19. The highest BCUT2D eigenvalue weighted by molar-refractivity contribution is 6.06. The SMILES string of the molecule is CCN1C(NC(C)(C)CN)=NC(C2=CC=NCC2)C(c2ccc3ccccc3c2)/C1=N/N. The molecule has 0 aliphatic carbocycles. The van der Waals surface area contributed by atoms with Gasteiger partial charge in [-0.1, -0.05) is 42.5 Å². The van der Waals surface area contributed by atoms with Gasteiger partial charge in [-0.05, 0) is 55.2 Å². The van der Waals surface area contributed by atoms with Crippen LogP contribution in [-0.2, 0) is 0 Å². The van der Waals surface area contributed by atoms with Gasteiger partial charge in [0.1, 0.15) is 5.84 Å². The molecule has 0 fully saturated rings. The highest BCUT2D eigenvalue weighted by Gasteiger charge is 2.40. The molecule has 2 aliphatic heterocycles. The predicted molar refractivity (Wildman–Crippen MR) is 134 cm³/mol. The number of benzene rings is 2. The van der Waals surface area contributed by atoms with Crippen LogP contribution in [0.2, 0.25) is 0 Å². The van der Waals surface area contributed by atoms with E-state index < -0.39 is 0 Å². The number of likely N-dealkylation sites (N-methyl/N-ethyl adjacent to an activating group) is 1. The molecular formula is C25H33N7. The Morgan fingerprint density at radius 1 is 1.19 bits per heavy atom. The van der Waals surface area contributed by atoms with E-state index in [0.717, 1.165) is 30.3 Å². The topological polar surface area (TPSA) is 104 Å². The van der Waals surface area contributed by atoms with Crippen molar-refractivity contribution in [3.05, 3.63) is 59.7 Å². The molecule has 32 heavy (non-hydrogen) atoms. The Kier molecular flexibility index (Phi) is 6.28. The molecule has 2 heterocycles. The molecular weight excluding hydrogens is 398 g/mol. The minimum atomic E-state index is -0.311. The van der Waals surface area contributed by atoms with Crippen LogP contribution in [0.5, 0.6) is 0 Å². The highest BCUT2D eigenvalue weighted by Crippen LogP contribution is 2.36. The first-order valence-electron chi connectivity index (χ1n) is 11.3. The third-order valence-corrected chi connectivity index (χ3v) is 6.23. The lowest BCUT2D eigenvalue weighted by atomic mass is 9.82. The zero-order valence-corrected chi connectivity index (χ0v) is 19.1. The van der Waals surface area contributed by atoms with Crippen LogP contribution >= 0.6 is 0 Å². The summed E-state index contributed by atoms with van der Waals surface area (Å²) in [4.78, 5) is 11.7. The van der Waals surface area contributed by atoms with Crippen LogP contribution < -0.4 is 16.9 Å². The van der Waals surface area contributed by atoms with Crippen LogP contribution in [0.1, 0.15) is 38.7 Å². The van der Waals surface area contributed by atoms with Crippen LogP contribution in [0.15, 0.2) is 69.2 Å². The number of aliphatic imine (C=N–C) groups is 2. The van der Waals surface area contributed by atoms with Crippen LogP contribution in [0, 0.1) is 0 Å². The standard InChI is InChI=1S/C25H33N7/c1-4-32-23(31-27)21(20-10-9-17-7-5-6-8-19(17)15-20)22(18-11-13-28-14-12-18)29-24(32)30-25(2,3)16-26/h5-11,13,15,21-22H,4,12,14,16,26-27H2,1-3H3,(H,29,30)/b31-23-. The third-order valence-electron chi connectivity index (χ3n) is 6.23. The molecule has 0 bridgehead atoms. The first-order valence-corrected chi connectivity index (χ1v) is 11.3. The quantitative estimate of drug-likeness (QED) is 0.500. The molecule has 5 N–H and O–H groups in total. The maximum absolute atomic E-state index is 6.05. The van der Waals surface area contributed by atoms with Gasteiger partial charge in [0, 0.05) is 31.4 Å². The molecule has 0 radical (unpaired) electrons. The first-order chi connectivity index (χ1) is 15.5. The average Bonchev–Trinajstić information content (AvgIpc) is 2.83. The molecule has 7 heteroatoms. The molecule has 2 aromatic rings. The lowest BCUT2D eigenvalue weighted by molar-refractivity contribution is 0.426. The van der Waals surface area contributed by atoms with Crippen molar-refractivity contribution >= 4 is 28.8 Å². The lowest BCUT2D eigenvalue weighted by Gasteiger charge is -2.42. The van der Waals surface area contributed by atoms with Crippen molar-refractivity contribution in [1.29, 1.82) is 0 Å². The van der Waals surface area contributed by atoms with Crippen molar-refractivity contribution < 1.29 is 0 Å². The van der Waals surface area contributed by atoms with Crippen molar-refractivity contribution in [1.82, 2.24) is 10.2 Å². The van der Waals surface area contributed by atoms with Gasteiger partial charge in [-0.3, -0.25) is 9.89 Å². The van der Waals surface area contributed by atoms with E-state index in [1.165, 1.54) is 16.3 Å². The Labute approximate surface area is 190 Å². The number of nitrogens with zero attached hydrogens (tertiary/aromatic N) is 4. The monoisotopic (exact) mass is 431 g/mol. The van der Waals surface area contributed by atoms with Gasteiger partial charge in [0.2, 0.25) is 5.96 Å². The number of dihydropyridines is 1. The number of nitrogens with two attached hydrogens (primary N) is 2. The maximum atomic E-state index is 6.05. The summed E-state index contributed by atoms with van der Waals surface area (Å²) < 4.78 is 0. The van der Waals surface area contributed by atoms with Gasteiger partial charge in [-0.15, -0.1) is 0 Å². The summed E-state index contributed by atoms with van der Waals surface area (Å²) in [6, 6.07) is 14.8. The van der Waals surface area contributed by atoms with Gasteiger partial charge in [0.15, 0.2) is 0 Å². The smallest absolute Gasteiger partial charge is 0.200 e. The molecule has 0 saturated heterocycles. The molecule has 0 spiro atoms. The largest absolute Gasteiger partial charge is 0.350 e. The number of hydrogen-bond acceptors (Lipinski definition) is 6. The van der Waals surface area contributed by atoms with Crippen molar-refractivity contribution in [2.24, 2.45) is 26.7 Å². The van der Waals surface area contributed by atoms with E-state index in [2.05, 4.69) is 89.6 Å². The summed E-state index contributed by atoms with van der Waals surface area (Å²) in [5.41, 5.74) is 8.09. The highest BCUT2D eigenvalue weighted by atomic mass is 15.4. The normalized spacial score (nSPS) is 22.8. The fraction of sp³-hybridized carbons (Fsp3) is 0.400. The van der Waals surface area contributed by atoms with E-state index in [-0.39, 0.29) is 17.5 Å². The number of fused-ring (bicyclic) bond motifs is 1. The maximum Gasteiger partial charge on any atom is 0.200 e. The molecule has 2 aliphatic rings. The summed E-state index contributed by atoms with van der Waals surface area (Å²) in [5.74, 6) is 7.53. The molecule has 2 atom stereocenters. The summed E-state index contributed by atoms with van der Waals surface area (Å²) in [5, 5.41) is 10.3. The number of allylic oxidation sites excluding steroid dienone is 1. The number of hydrogen-bond donors (Lipinski definition) is 3. The molecule has 2 aromatic carbocycles. The summed E-state index contributed by atoms with van der Waals surface area (Å²) >= 11 is 0. The van der Waals surface area contributed by atoms with Crippen molar-refractivity contribution in [3.8, 4) is 0 Å². The summed E-state index contributed by atoms with van der Waals surface area (Å²) in [6.45, 7) is 8.17. The molecule has 7 nitrogen and oxygen atoms in total. The van der Waals surface area contributed by atoms with E-state index in [1.54, 1.807) is 0 Å². The lowest BCUT2D eigenvalue weighted by Crippen LogP contribution is -2.59. The van der Waals surface area contributed by atoms with Gasteiger partial charge in [0.25, 0.3) is 0 Å². The molecule has 2 unspecified atom stereocenters. The minimum absolute atomic E-state index is 0.0890. The number of rotatable bonds is 5. The first kappa shape index (κ1) is 22.0. The van der Waals surface area contributed by atoms with Crippen LogP contribution in [0.4, 0.5) is 0 Å². The van der Waals surface area contributed by atoms with E-state index in [4.69, 9.17) is 16.6 Å². The molecule has 0 aromatic heterocycles. The van der Waals surface area contributed by atoms with Crippen LogP contribution in [-0.4, -0.2) is 54.1 Å². The van der Waals surface area contributed by atoms with E-state index in [1.807, 2.05) is 6.21 Å². The fourth-order valence-corrected chi connectivity index (χ4v) is 4.38. The predicted octanol–water partition coefficient (Wildman–Crippen LogP) is 2.98. The zero-order valence-electron chi connectivity index (χ0n) is 19.1. The van der Waals surface area contributed by atoms with Gasteiger partial charge in [-0.2, -0.15) is 5.10 Å². The second-order valence-electron chi connectivity index (χ2n) is 8.97. The van der Waals surface area contributed by atoms with Crippen molar-refractivity contribution in [2.75, 3.05) is 19.6 Å². The average molecular weight is 432 g/mol. The van der Waals surface area contributed by atoms with E-state index >= 15 is 0 Å². The fourth-order valence-electron chi connectivity index (χ4n) is 4.38. The van der Waals surface area contributed by atoms with Crippen molar-refractivity contribution in [2.45, 2.75) is 44.7 Å². The second kappa shape index (κ2) is 9.12. The third kappa shape index (κ3) is 4.25. The number of amidine groups is 1. The van der Waals surface area contributed by atoms with Gasteiger partial charge >= 0.3 is 0 Å². The Morgan fingerprint density at radius 2 is 1.97 bits per heavy atom. The van der Waals surface area contributed by atoms with Gasteiger partial charge < -0.3 is 16.9 Å². The summed E-state index contributed by atoms with van der Waals surface area (Å²) in [7, 11) is 0. The Bertz CT molecular complexity index is 1100. The van der Waals surface area contributed by atoms with Crippen molar-refractivity contribution in [3.63, 3.8) is 0 Å². The molecule has 0 amide bonds. The summed E-state index contributed by atoms with van der Waals surface area (Å²) in [6.07, 6.45) is 4.84. The van der Waals surface area contributed by atoms with Crippen LogP contribution in [0.25, 0.3) is 10.8 Å². The molecule has 0 saturated carbocycles. The number of hydrazone groups is 1. The minimum Gasteiger partial charge on any atom is -0.350 e.